The topological polar surface area (TPSA) is 108 Å². The molecule has 1 heterocycles. The van der Waals surface area contributed by atoms with Crippen LogP contribution in [0.4, 0.5) is 0 Å². The highest BCUT2D eigenvalue weighted by Gasteiger charge is 2.18. The molecule has 0 atom stereocenters. The van der Waals surface area contributed by atoms with Crippen LogP contribution >= 0.6 is 15.9 Å². The number of nitrogens with one attached hydrogen (secondary N) is 1. The van der Waals surface area contributed by atoms with Gasteiger partial charge in [-0.2, -0.15) is 5.10 Å². The molecule has 0 radical (unpaired) electrons. The van der Waals surface area contributed by atoms with Gasteiger partial charge >= 0.3 is 5.97 Å². The maximum absolute atomic E-state index is 12.7. The molecule has 0 saturated carbocycles. The summed E-state index contributed by atoms with van der Waals surface area (Å²) in [5.41, 5.74) is 3.61. The van der Waals surface area contributed by atoms with Crippen LogP contribution in [0.5, 0.6) is 23.0 Å². The van der Waals surface area contributed by atoms with E-state index >= 15 is 0 Å². The Kier molecular flexibility index (Phi) is 7.98. The fourth-order valence-electron chi connectivity index (χ4n) is 2.79. The van der Waals surface area contributed by atoms with Crippen LogP contribution in [0.1, 0.15) is 26.3 Å². The third kappa shape index (κ3) is 6.07. The Labute approximate surface area is 198 Å². The number of hydrazone groups is 1. The van der Waals surface area contributed by atoms with E-state index in [9.17, 15) is 9.59 Å². The Morgan fingerprint density at radius 1 is 0.970 bits per heavy atom. The van der Waals surface area contributed by atoms with E-state index in [4.69, 9.17) is 18.9 Å². The molecule has 9 nitrogen and oxygen atoms in total. The smallest absolute Gasteiger partial charge is 0.343 e. The highest BCUT2D eigenvalue weighted by atomic mass is 79.9. The van der Waals surface area contributed by atoms with Crippen LogP contribution in [0.15, 0.2) is 64.4 Å². The zero-order chi connectivity index (χ0) is 23.8. The molecule has 33 heavy (non-hydrogen) atoms. The van der Waals surface area contributed by atoms with Crippen molar-refractivity contribution in [3.63, 3.8) is 0 Å². The lowest BCUT2D eigenvalue weighted by atomic mass is 10.1. The van der Waals surface area contributed by atoms with Crippen molar-refractivity contribution in [3.8, 4) is 23.0 Å². The molecule has 0 aliphatic rings. The summed E-state index contributed by atoms with van der Waals surface area (Å²) in [6.45, 7) is 0. The molecule has 0 spiro atoms. The number of ether oxygens (including phenoxy) is 4. The van der Waals surface area contributed by atoms with Crippen LogP contribution in [0.25, 0.3) is 0 Å². The number of halogens is 1. The highest BCUT2D eigenvalue weighted by molar-refractivity contribution is 9.10. The van der Waals surface area contributed by atoms with Gasteiger partial charge in [-0.05, 0) is 51.8 Å². The monoisotopic (exact) mass is 513 g/mol. The van der Waals surface area contributed by atoms with Gasteiger partial charge in [-0.1, -0.05) is 12.1 Å². The Morgan fingerprint density at radius 2 is 1.70 bits per heavy atom. The Morgan fingerprint density at radius 3 is 2.33 bits per heavy atom. The first kappa shape index (κ1) is 23.7. The van der Waals surface area contributed by atoms with Crippen LogP contribution in [0.2, 0.25) is 0 Å². The molecule has 170 valence electrons. The minimum absolute atomic E-state index is 0.221. The van der Waals surface area contributed by atoms with Crippen molar-refractivity contribution in [2.45, 2.75) is 0 Å². The van der Waals surface area contributed by atoms with Gasteiger partial charge in [-0.15, -0.1) is 0 Å². The maximum Gasteiger partial charge on any atom is 0.343 e. The van der Waals surface area contributed by atoms with Crippen molar-refractivity contribution in [2.24, 2.45) is 5.10 Å². The molecule has 0 unspecified atom stereocenters. The number of hydrogen-bond acceptors (Lipinski definition) is 8. The molecule has 1 aromatic heterocycles. The fraction of sp³-hybridized carbons (Fsp3) is 0.130. The van der Waals surface area contributed by atoms with Gasteiger partial charge < -0.3 is 18.9 Å². The van der Waals surface area contributed by atoms with Gasteiger partial charge in [0.15, 0.2) is 11.5 Å². The number of methoxy groups -OCH3 is 3. The van der Waals surface area contributed by atoms with Crippen LogP contribution in [0.3, 0.4) is 0 Å². The molecule has 1 amide bonds. The van der Waals surface area contributed by atoms with Gasteiger partial charge in [0.25, 0.3) is 5.91 Å². The number of carbonyl (C=O) groups excluding carboxylic acids is 2. The normalized spacial score (nSPS) is 10.5. The molecule has 0 saturated heterocycles. The molecule has 2 aromatic carbocycles. The molecular weight excluding hydrogens is 494 g/mol. The number of amides is 1. The molecular formula is C23H20BrN3O6. The van der Waals surface area contributed by atoms with E-state index in [2.05, 4.69) is 31.4 Å². The zero-order valence-corrected chi connectivity index (χ0v) is 19.6. The molecule has 0 aliphatic carbocycles. The molecule has 1 N–H and O–H groups in total. The first-order valence-electron chi connectivity index (χ1n) is 9.51. The quantitative estimate of drug-likeness (QED) is 0.211. The van der Waals surface area contributed by atoms with Crippen molar-refractivity contribution in [1.29, 1.82) is 0 Å². The summed E-state index contributed by atoms with van der Waals surface area (Å²) >= 11 is 3.26. The number of pyridine rings is 1. The van der Waals surface area contributed by atoms with Crippen molar-refractivity contribution >= 4 is 34.0 Å². The second-order valence-electron chi connectivity index (χ2n) is 6.47. The van der Waals surface area contributed by atoms with Crippen molar-refractivity contribution < 1.29 is 28.5 Å². The van der Waals surface area contributed by atoms with E-state index in [1.807, 2.05) is 0 Å². The van der Waals surface area contributed by atoms with Gasteiger partial charge in [0.05, 0.1) is 38.7 Å². The number of benzene rings is 2. The van der Waals surface area contributed by atoms with E-state index in [0.29, 0.717) is 38.6 Å². The number of rotatable bonds is 8. The molecule has 3 aromatic rings. The number of hydrogen-bond donors (Lipinski definition) is 1. The van der Waals surface area contributed by atoms with Gasteiger partial charge in [0.1, 0.15) is 5.75 Å². The number of aromatic nitrogens is 1. The third-order valence-corrected chi connectivity index (χ3v) is 4.75. The molecule has 0 bridgehead atoms. The minimum atomic E-state index is -0.612. The van der Waals surface area contributed by atoms with Crippen LogP contribution in [-0.4, -0.2) is 44.4 Å². The van der Waals surface area contributed by atoms with Crippen molar-refractivity contribution in [1.82, 2.24) is 10.4 Å². The highest BCUT2D eigenvalue weighted by Crippen LogP contribution is 2.38. The zero-order valence-electron chi connectivity index (χ0n) is 18.0. The summed E-state index contributed by atoms with van der Waals surface area (Å²) in [5.74, 6) is 0.307. The molecule has 3 rings (SSSR count). The number of nitrogens with zero attached hydrogens (tertiary/aromatic N) is 2. The lowest BCUT2D eigenvalue weighted by Crippen LogP contribution is -2.17. The summed E-state index contributed by atoms with van der Waals surface area (Å²) in [7, 11) is 4.39. The average molecular weight is 514 g/mol. The van der Waals surface area contributed by atoms with Crippen LogP contribution < -0.4 is 24.4 Å². The lowest BCUT2D eigenvalue weighted by molar-refractivity contribution is 0.0733. The second kappa shape index (κ2) is 11.1. The largest absolute Gasteiger partial charge is 0.493 e. The second-order valence-corrected chi connectivity index (χ2v) is 7.38. The van der Waals surface area contributed by atoms with Gasteiger partial charge in [0, 0.05) is 16.9 Å². The van der Waals surface area contributed by atoms with Gasteiger partial charge in [-0.3, -0.25) is 9.78 Å². The number of carbonyl (C=O) groups is 2. The van der Waals surface area contributed by atoms with Gasteiger partial charge in [-0.25, -0.2) is 10.2 Å². The molecule has 0 fully saturated rings. The summed E-state index contributed by atoms with van der Waals surface area (Å²) in [6.07, 6.45) is 4.43. The maximum atomic E-state index is 12.7. The van der Waals surface area contributed by atoms with E-state index in [0.717, 1.165) is 0 Å². The van der Waals surface area contributed by atoms with E-state index in [1.54, 1.807) is 36.5 Å². The first-order chi connectivity index (χ1) is 15.9. The van der Waals surface area contributed by atoms with Crippen LogP contribution in [-0.2, 0) is 0 Å². The summed E-state index contributed by atoms with van der Waals surface area (Å²) < 4.78 is 22.0. The average Bonchev–Trinajstić information content (AvgIpc) is 2.83. The number of esters is 1. The first-order valence-corrected chi connectivity index (χ1v) is 10.3. The van der Waals surface area contributed by atoms with Crippen LogP contribution in [0, 0.1) is 0 Å². The minimum Gasteiger partial charge on any atom is -0.493 e. The fourth-order valence-corrected chi connectivity index (χ4v) is 3.15. The van der Waals surface area contributed by atoms with E-state index < -0.39 is 11.9 Å². The standard InChI is InChI=1S/C23H20BrN3O6/c1-30-19-9-15(10-20(31-2)21(19)32-3)23(29)33-18-6-4-5-14(7-18)11-26-27-22(28)16-8-17(24)13-25-12-16/h4-13H,1-3H3,(H,27,28)/b26-11+. The Bertz CT molecular complexity index is 1170. The van der Waals surface area contributed by atoms with E-state index in [1.165, 1.54) is 45.9 Å². The molecule has 10 heteroatoms. The van der Waals surface area contributed by atoms with Gasteiger partial charge in [0.2, 0.25) is 5.75 Å². The predicted octanol–water partition coefficient (Wildman–Crippen LogP) is 3.85. The van der Waals surface area contributed by atoms with Crippen molar-refractivity contribution in [3.05, 3.63) is 76.0 Å². The molecule has 0 aliphatic heterocycles. The van der Waals surface area contributed by atoms with E-state index in [-0.39, 0.29) is 5.56 Å². The van der Waals surface area contributed by atoms with Crippen molar-refractivity contribution in [2.75, 3.05) is 21.3 Å². The SMILES string of the molecule is COc1cc(C(=O)Oc2cccc(/C=N/NC(=O)c3cncc(Br)c3)c2)cc(OC)c1OC. The predicted molar refractivity (Wildman–Crippen MR) is 124 cm³/mol. The summed E-state index contributed by atoms with van der Waals surface area (Å²) in [6, 6.07) is 11.3. The Balaban J connectivity index is 1.70. The Hall–Kier alpha value is -3.92. The summed E-state index contributed by atoms with van der Waals surface area (Å²) in [4.78, 5) is 28.7. The third-order valence-electron chi connectivity index (χ3n) is 4.32. The summed E-state index contributed by atoms with van der Waals surface area (Å²) in [5, 5.41) is 3.94. The lowest BCUT2D eigenvalue weighted by Gasteiger charge is -2.13.